The molecule has 8 N–H and O–H groups in total. The van der Waals surface area contributed by atoms with E-state index < -0.39 is 67.3 Å². The van der Waals surface area contributed by atoms with Gasteiger partial charge in [0.15, 0.2) is 11.9 Å². The summed E-state index contributed by atoms with van der Waals surface area (Å²) in [5, 5.41) is 77.9. The van der Waals surface area contributed by atoms with E-state index in [1.807, 2.05) is 42.5 Å². The van der Waals surface area contributed by atoms with E-state index in [1.165, 1.54) is 0 Å². The van der Waals surface area contributed by atoms with Crippen LogP contribution in [-0.4, -0.2) is 102 Å². The molecule has 1 saturated carbocycles. The van der Waals surface area contributed by atoms with Crippen molar-refractivity contribution in [2.45, 2.75) is 61.7 Å². The SMILES string of the molecule is O=C(Oc1c(CO)[nH]c2ccc3cc4ccccc4cc3c12)[C@@H]1O[C@@](O)([C@]2(O)C[C@H](O)C[C@H]2CO)[C@H](O)[C@H]1OCCCO. The molecule has 12 nitrogen and oxygen atoms in total. The van der Waals surface area contributed by atoms with Gasteiger partial charge in [0.1, 0.15) is 17.8 Å². The van der Waals surface area contributed by atoms with Crippen LogP contribution in [0.1, 0.15) is 25.0 Å². The number of aliphatic hydroxyl groups excluding tert-OH is 5. The number of H-pyrrole nitrogens is 1. The molecule has 230 valence electrons. The first-order valence-electron chi connectivity index (χ1n) is 14.3. The maximum Gasteiger partial charge on any atom is 0.343 e. The Bertz CT molecular complexity index is 1660. The van der Waals surface area contributed by atoms with Crippen LogP contribution in [0, 0.1) is 5.92 Å². The predicted molar refractivity (Wildman–Crippen MR) is 153 cm³/mol. The lowest BCUT2D eigenvalue weighted by atomic mass is 9.80. The fraction of sp³-hybridized carbons (Fsp3) is 0.452. The van der Waals surface area contributed by atoms with E-state index in [9.17, 15) is 40.5 Å². The van der Waals surface area contributed by atoms with E-state index in [2.05, 4.69) is 4.98 Å². The molecule has 1 aliphatic carbocycles. The van der Waals surface area contributed by atoms with Gasteiger partial charge in [0, 0.05) is 32.2 Å². The molecule has 1 saturated heterocycles. The summed E-state index contributed by atoms with van der Waals surface area (Å²) in [6.07, 6.45) is -6.80. The lowest BCUT2D eigenvalue weighted by Crippen LogP contribution is -2.63. The molecule has 3 aromatic carbocycles. The van der Waals surface area contributed by atoms with E-state index in [0.717, 1.165) is 21.5 Å². The van der Waals surface area contributed by atoms with Gasteiger partial charge >= 0.3 is 5.97 Å². The molecule has 0 spiro atoms. The third-order valence-electron chi connectivity index (χ3n) is 8.82. The van der Waals surface area contributed by atoms with Crippen LogP contribution in [0.2, 0.25) is 0 Å². The highest BCUT2D eigenvalue weighted by Crippen LogP contribution is 2.50. The largest absolute Gasteiger partial charge is 0.422 e. The van der Waals surface area contributed by atoms with Crippen LogP contribution in [0.5, 0.6) is 5.75 Å². The van der Waals surface area contributed by atoms with Crippen LogP contribution in [0.25, 0.3) is 32.4 Å². The zero-order chi connectivity index (χ0) is 30.5. The highest BCUT2D eigenvalue weighted by molar-refractivity contribution is 6.14. The van der Waals surface area contributed by atoms with E-state index >= 15 is 0 Å². The first-order chi connectivity index (χ1) is 20.6. The summed E-state index contributed by atoms with van der Waals surface area (Å²) < 4.78 is 17.2. The Hall–Kier alpha value is -3.17. The number of carbonyl (C=O) groups excluding carboxylic acids is 1. The average Bonchev–Trinajstić information content (AvgIpc) is 3.61. The van der Waals surface area contributed by atoms with Crippen molar-refractivity contribution in [2.24, 2.45) is 5.92 Å². The molecule has 4 aromatic rings. The molecule has 2 aliphatic rings. The number of aromatic amines is 1. The Balaban J connectivity index is 1.40. The Morgan fingerprint density at radius 1 is 1.02 bits per heavy atom. The molecule has 7 atom stereocenters. The van der Waals surface area contributed by atoms with Crippen molar-refractivity contribution in [3.05, 3.63) is 54.2 Å². The van der Waals surface area contributed by atoms with E-state index in [0.29, 0.717) is 10.9 Å². The van der Waals surface area contributed by atoms with E-state index in [-0.39, 0.29) is 37.5 Å². The fourth-order valence-corrected chi connectivity index (χ4v) is 6.63. The summed E-state index contributed by atoms with van der Waals surface area (Å²) in [7, 11) is 0. The maximum absolute atomic E-state index is 13.8. The highest BCUT2D eigenvalue weighted by atomic mass is 16.7. The lowest BCUT2D eigenvalue weighted by molar-refractivity contribution is -0.326. The van der Waals surface area contributed by atoms with Gasteiger partial charge in [-0.05, 0) is 52.6 Å². The van der Waals surface area contributed by atoms with Crippen molar-refractivity contribution >= 4 is 38.4 Å². The van der Waals surface area contributed by atoms with E-state index in [4.69, 9.17) is 14.2 Å². The molecule has 2 fully saturated rings. The van der Waals surface area contributed by atoms with Crippen LogP contribution in [0.15, 0.2) is 48.5 Å². The number of aromatic nitrogens is 1. The molecule has 2 heterocycles. The fourth-order valence-electron chi connectivity index (χ4n) is 6.63. The molecular formula is C31H35NO11. The second-order valence-electron chi connectivity index (χ2n) is 11.4. The minimum atomic E-state index is -2.82. The first-order valence-corrected chi connectivity index (χ1v) is 14.3. The number of nitrogens with one attached hydrogen (secondary N) is 1. The van der Waals surface area contributed by atoms with Crippen molar-refractivity contribution in [3.63, 3.8) is 0 Å². The predicted octanol–water partition coefficient (Wildman–Crippen LogP) is 0.582. The maximum atomic E-state index is 13.8. The smallest absolute Gasteiger partial charge is 0.343 e. The van der Waals surface area contributed by atoms with Crippen molar-refractivity contribution in [1.29, 1.82) is 0 Å². The minimum absolute atomic E-state index is 0.0225. The van der Waals surface area contributed by atoms with Crippen molar-refractivity contribution < 1.29 is 54.8 Å². The molecule has 6 rings (SSSR count). The van der Waals surface area contributed by atoms with Crippen molar-refractivity contribution in [1.82, 2.24) is 4.98 Å². The summed E-state index contributed by atoms with van der Waals surface area (Å²) in [5.74, 6) is -4.96. The number of fused-ring (bicyclic) bond motifs is 4. The van der Waals surface area contributed by atoms with E-state index in [1.54, 1.807) is 6.07 Å². The average molecular weight is 598 g/mol. The third kappa shape index (κ3) is 4.79. The number of ether oxygens (including phenoxy) is 3. The summed E-state index contributed by atoms with van der Waals surface area (Å²) in [4.78, 5) is 16.9. The van der Waals surface area contributed by atoms with Gasteiger partial charge in [-0.2, -0.15) is 0 Å². The number of rotatable bonds is 9. The van der Waals surface area contributed by atoms with Gasteiger partial charge in [-0.15, -0.1) is 0 Å². The molecule has 1 aromatic heterocycles. The number of carbonyl (C=O) groups is 1. The van der Waals surface area contributed by atoms with Crippen LogP contribution in [0.3, 0.4) is 0 Å². The Morgan fingerprint density at radius 3 is 2.47 bits per heavy atom. The normalized spacial score (nSPS) is 31.0. The van der Waals surface area contributed by atoms with Crippen molar-refractivity contribution in [3.8, 4) is 5.75 Å². The zero-order valence-electron chi connectivity index (χ0n) is 23.2. The van der Waals surface area contributed by atoms with Gasteiger partial charge < -0.3 is 54.9 Å². The molecule has 0 bridgehead atoms. The number of hydrogen-bond donors (Lipinski definition) is 8. The lowest BCUT2D eigenvalue weighted by Gasteiger charge is -2.42. The van der Waals surface area contributed by atoms with Gasteiger partial charge in [-0.25, -0.2) is 4.79 Å². The zero-order valence-corrected chi connectivity index (χ0v) is 23.2. The van der Waals surface area contributed by atoms with Crippen molar-refractivity contribution in [2.75, 3.05) is 19.8 Å². The Labute approximate surface area is 245 Å². The Morgan fingerprint density at radius 2 is 1.77 bits per heavy atom. The molecule has 0 unspecified atom stereocenters. The Kier molecular flexibility index (Phi) is 7.92. The number of aliphatic hydroxyl groups is 7. The van der Waals surface area contributed by atoms with Gasteiger partial charge in [0.25, 0.3) is 0 Å². The van der Waals surface area contributed by atoms with Gasteiger partial charge in [-0.3, -0.25) is 0 Å². The van der Waals surface area contributed by atoms with Crippen LogP contribution in [-0.2, 0) is 20.9 Å². The van der Waals surface area contributed by atoms with Crippen LogP contribution in [0.4, 0.5) is 0 Å². The summed E-state index contributed by atoms with van der Waals surface area (Å²) in [5.41, 5.74) is -1.54. The number of benzene rings is 3. The monoisotopic (exact) mass is 597 g/mol. The summed E-state index contributed by atoms with van der Waals surface area (Å²) in [6.45, 7) is -1.51. The molecule has 1 aliphatic heterocycles. The first kappa shape index (κ1) is 29.9. The van der Waals surface area contributed by atoms with Crippen LogP contribution < -0.4 is 4.74 Å². The van der Waals surface area contributed by atoms with Gasteiger partial charge in [0.05, 0.1) is 29.3 Å². The minimum Gasteiger partial charge on any atom is -0.422 e. The summed E-state index contributed by atoms with van der Waals surface area (Å²) in [6, 6.07) is 15.4. The molecule has 0 radical (unpaired) electrons. The molecule has 43 heavy (non-hydrogen) atoms. The van der Waals surface area contributed by atoms with Gasteiger partial charge in [0.2, 0.25) is 5.79 Å². The number of hydrogen-bond acceptors (Lipinski definition) is 11. The quantitative estimate of drug-likeness (QED) is 0.0762. The van der Waals surface area contributed by atoms with Gasteiger partial charge in [-0.1, -0.05) is 30.3 Å². The topological polar surface area (TPSA) is 202 Å². The molecular weight excluding hydrogens is 562 g/mol. The third-order valence-corrected chi connectivity index (χ3v) is 8.82. The second kappa shape index (κ2) is 11.4. The summed E-state index contributed by atoms with van der Waals surface area (Å²) >= 11 is 0. The molecule has 12 heteroatoms. The van der Waals surface area contributed by atoms with Crippen LogP contribution >= 0.6 is 0 Å². The number of esters is 1. The molecule has 0 amide bonds. The highest BCUT2D eigenvalue weighted by Gasteiger charge is 2.70. The standard InChI is InChI=1S/C31H35NO11/c33-8-3-9-41-26-27(43-31(40,28(26)37)30(39)13-20(36)12-19(30)14-34)29(38)42-25-23(15-35)32-22-7-6-18-10-16-4-1-2-5-17(16)11-21(18)24(22)25/h1-2,4-7,10-11,19-20,26-28,32-37,39-40H,3,8-9,12-15H2/t19-,20+,26-,27+,28+,30-,31+/m0/s1. The second-order valence-corrected chi connectivity index (χ2v) is 11.4.